The molecule has 9 N–H and O–H groups in total. The number of amides is 3. The van der Waals surface area contributed by atoms with Crippen LogP contribution in [0.2, 0.25) is 0 Å². The van der Waals surface area contributed by atoms with Crippen molar-refractivity contribution in [2.24, 2.45) is 11.7 Å². The Bertz CT molecular complexity index is 1630. The van der Waals surface area contributed by atoms with Gasteiger partial charge in [-0.3, -0.25) is 14.4 Å². The second kappa shape index (κ2) is 14.2. The van der Waals surface area contributed by atoms with Gasteiger partial charge in [0.05, 0.1) is 12.1 Å². The highest BCUT2D eigenvalue weighted by atomic mass is 16.4. The van der Waals surface area contributed by atoms with Gasteiger partial charge in [-0.15, -0.1) is 0 Å². The molecule has 0 bridgehead atoms. The van der Waals surface area contributed by atoms with Crippen molar-refractivity contribution in [3.8, 4) is 0 Å². The van der Waals surface area contributed by atoms with Gasteiger partial charge in [-0.05, 0) is 42.5 Å². The molecule has 0 spiro atoms. The van der Waals surface area contributed by atoms with Crippen LogP contribution in [-0.4, -0.2) is 74.1 Å². The molecule has 6 unspecified atom stereocenters. The minimum Gasteiger partial charge on any atom is -0.480 e. The number of aromatic amines is 2. The number of aliphatic hydroxyl groups excluding tert-OH is 1. The van der Waals surface area contributed by atoms with Crippen LogP contribution in [0.25, 0.3) is 21.8 Å². The third kappa shape index (κ3) is 7.44. The molecule has 0 radical (unpaired) electrons. The SMILES string of the molecule is CCC(C)C(NC(=O)C(N)Cc1c[nH]c2ccccc12)C(=O)NC(C(=O)NC(Cc1c[nH]c2ccccc12)C(=O)O)C(C)O. The maximum atomic E-state index is 13.5. The van der Waals surface area contributed by atoms with Crippen LogP contribution < -0.4 is 21.7 Å². The number of carbonyl (C=O) groups excluding carboxylic acids is 3. The summed E-state index contributed by atoms with van der Waals surface area (Å²) < 4.78 is 0. The normalized spacial score (nSPS) is 15.6. The second-order valence-electron chi connectivity index (χ2n) is 11.2. The lowest BCUT2D eigenvalue weighted by Gasteiger charge is -2.29. The zero-order chi connectivity index (χ0) is 32.0. The summed E-state index contributed by atoms with van der Waals surface area (Å²) in [6, 6.07) is 10.2. The lowest BCUT2D eigenvalue weighted by molar-refractivity contribution is -0.143. The molecule has 0 fully saturated rings. The van der Waals surface area contributed by atoms with E-state index >= 15 is 0 Å². The highest BCUT2D eigenvalue weighted by Crippen LogP contribution is 2.20. The fourth-order valence-corrected chi connectivity index (χ4v) is 5.22. The first-order valence-electron chi connectivity index (χ1n) is 14.7. The Morgan fingerprint density at radius 1 is 0.773 bits per heavy atom. The first-order valence-corrected chi connectivity index (χ1v) is 14.7. The molecule has 2 heterocycles. The minimum absolute atomic E-state index is 0.0224. The number of hydrogen-bond donors (Lipinski definition) is 8. The van der Waals surface area contributed by atoms with Crippen LogP contribution in [-0.2, 0) is 32.0 Å². The van der Waals surface area contributed by atoms with E-state index in [0.717, 1.165) is 27.4 Å². The van der Waals surface area contributed by atoms with Gasteiger partial charge in [-0.25, -0.2) is 4.79 Å². The molecule has 234 valence electrons. The molecule has 2 aromatic carbocycles. The summed E-state index contributed by atoms with van der Waals surface area (Å²) in [5, 5.41) is 29.7. The number of nitrogens with two attached hydrogens (primary N) is 1. The predicted molar refractivity (Wildman–Crippen MR) is 167 cm³/mol. The smallest absolute Gasteiger partial charge is 0.326 e. The number of para-hydroxylation sites is 2. The van der Waals surface area contributed by atoms with Crippen molar-refractivity contribution in [3.05, 3.63) is 72.1 Å². The van der Waals surface area contributed by atoms with Crippen molar-refractivity contribution in [2.45, 2.75) is 70.3 Å². The first kappa shape index (κ1) is 32.2. The molecule has 4 aromatic rings. The molecule has 6 atom stereocenters. The molecular formula is C32H40N6O6. The van der Waals surface area contributed by atoms with E-state index in [-0.39, 0.29) is 18.8 Å². The fraction of sp³-hybridized carbons (Fsp3) is 0.375. The highest BCUT2D eigenvalue weighted by molar-refractivity contribution is 5.95. The van der Waals surface area contributed by atoms with Crippen LogP contribution in [0.15, 0.2) is 60.9 Å². The molecular weight excluding hydrogens is 564 g/mol. The monoisotopic (exact) mass is 604 g/mol. The molecule has 3 amide bonds. The number of benzene rings is 2. The summed E-state index contributed by atoms with van der Waals surface area (Å²) >= 11 is 0. The van der Waals surface area contributed by atoms with Gasteiger partial charge in [0, 0.05) is 40.6 Å². The third-order valence-corrected chi connectivity index (χ3v) is 8.02. The van der Waals surface area contributed by atoms with E-state index in [2.05, 4.69) is 25.9 Å². The van der Waals surface area contributed by atoms with E-state index in [4.69, 9.17) is 5.73 Å². The van der Waals surface area contributed by atoms with Gasteiger partial charge in [-0.1, -0.05) is 56.7 Å². The van der Waals surface area contributed by atoms with Crippen LogP contribution in [0.1, 0.15) is 38.3 Å². The average molecular weight is 605 g/mol. The Kier molecular flexibility index (Phi) is 10.4. The van der Waals surface area contributed by atoms with Crippen LogP contribution in [0.5, 0.6) is 0 Å². The van der Waals surface area contributed by atoms with Crippen molar-refractivity contribution in [3.63, 3.8) is 0 Å². The van der Waals surface area contributed by atoms with Crippen molar-refractivity contribution in [1.82, 2.24) is 25.9 Å². The Hall–Kier alpha value is -4.68. The van der Waals surface area contributed by atoms with Crippen LogP contribution in [0.4, 0.5) is 0 Å². The molecule has 4 rings (SSSR count). The van der Waals surface area contributed by atoms with Gasteiger partial charge in [0.25, 0.3) is 0 Å². The quantitative estimate of drug-likeness (QED) is 0.107. The number of H-pyrrole nitrogens is 2. The zero-order valence-electron chi connectivity index (χ0n) is 25.0. The Morgan fingerprint density at radius 3 is 1.80 bits per heavy atom. The number of carboxylic acids is 1. The molecule has 12 nitrogen and oxygen atoms in total. The van der Waals surface area contributed by atoms with E-state index < -0.39 is 54.0 Å². The van der Waals surface area contributed by atoms with Gasteiger partial charge in [0.2, 0.25) is 17.7 Å². The standard InChI is InChI=1S/C32H40N6O6/c1-4-17(2)27(37-29(40)23(33)13-19-15-34-24-11-7-5-9-21(19)24)30(41)38-28(18(3)39)31(42)36-26(32(43)44)14-20-16-35-25-12-8-6-10-22(20)25/h5-12,15-18,23,26-28,34-35,39H,4,13-14,33H2,1-3H3,(H,36,42)(H,37,40)(H,38,41)(H,43,44). The van der Waals surface area contributed by atoms with Crippen molar-refractivity contribution >= 4 is 45.5 Å². The zero-order valence-corrected chi connectivity index (χ0v) is 25.0. The Morgan fingerprint density at radius 2 is 1.27 bits per heavy atom. The molecule has 0 aliphatic heterocycles. The number of nitrogens with one attached hydrogen (secondary N) is 5. The van der Waals surface area contributed by atoms with E-state index in [1.165, 1.54) is 6.92 Å². The molecule has 0 aliphatic carbocycles. The Labute approximate surface area is 254 Å². The van der Waals surface area contributed by atoms with Crippen molar-refractivity contribution < 1.29 is 29.4 Å². The van der Waals surface area contributed by atoms with Crippen molar-refractivity contribution in [1.29, 1.82) is 0 Å². The maximum absolute atomic E-state index is 13.5. The minimum atomic E-state index is -1.48. The van der Waals surface area contributed by atoms with E-state index in [1.807, 2.05) is 55.5 Å². The summed E-state index contributed by atoms with van der Waals surface area (Å²) in [4.78, 5) is 58.1. The molecule has 2 aromatic heterocycles. The maximum Gasteiger partial charge on any atom is 0.326 e. The lowest BCUT2D eigenvalue weighted by Crippen LogP contribution is -2.61. The first-order chi connectivity index (χ1) is 21.0. The molecule has 0 saturated carbocycles. The molecule has 0 saturated heterocycles. The number of aliphatic carboxylic acids is 1. The van der Waals surface area contributed by atoms with Crippen LogP contribution in [0.3, 0.4) is 0 Å². The summed E-state index contributed by atoms with van der Waals surface area (Å²) in [6.07, 6.45) is 2.85. The number of aliphatic hydroxyl groups is 1. The van der Waals surface area contributed by atoms with Gasteiger partial charge in [0.15, 0.2) is 0 Å². The Balaban J connectivity index is 1.43. The number of hydrogen-bond acceptors (Lipinski definition) is 6. The molecule has 0 aliphatic rings. The molecule has 44 heavy (non-hydrogen) atoms. The van der Waals surface area contributed by atoms with Gasteiger partial charge >= 0.3 is 5.97 Å². The third-order valence-electron chi connectivity index (χ3n) is 8.02. The number of rotatable bonds is 14. The number of carboxylic acid groups (broad SMARTS) is 1. The summed E-state index contributed by atoms with van der Waals surface area (Å²) in [7, 11) is 0. The predicted octanol–water partition coefficient (Wildman–Crippen LogP) is 1.73. The van der Waals surface area contributed by atoms with E-state index in [9.17, 15) is 29.4 Å². The largest absolute Gasteiger partial charge is 0.480 e. The van der Waals surface area contributed by atoms with Gasteiger partial charge in [-0.2, -0.15) is 0 Å². The van der Waals surface area contributed by atoms with E-state index in [1.54, 1.807) is 19.3 Å². The number of carbonyl (C=O) groups is 4. The van der Waals surface area contributed by atoms with Gasteiger partial charge in [0.1, 0.15) is 18.1 Å². The second-order valence-corrected chi connectivity index (χ2v) is 11.2. The van der Waals surface area contributed by atoms with Crippen LogP contribution in [0, 0.1) is 5.92 Å². The highest BCUT2D eigenvalue weighted by Gasteiger charge is 2.34. The molecule has 12 heteroatoms. The topological polar surface area (TPSA) is 202 Å². The number of fused-ring (bicyclic) bond motifs is 2. The summed E-state index contributed by atoms with van der Waals surface area (Å²) in [6.45, 7) is 4.94. The summed E-state index contributed by atoms with van der Waals surface area (Å²) in [5.74, 6) is -3.72. The fourth-order valence-electron chi connectivity index (χ4n) is 5.22. The van der Waals surface area contributed by atoms with Gasteiger partial charge < -0.3 is 41.9 Å². The van der Waals surface area contributed by atoms with Crippen molar-refractivity contribution in [2.75, 3.05) is 0 Å². The summed E-state index contributed by atoms with van der Waals surface area (Å²) in [5.41, 5.74) is 9.53. The number of aromatic nitrogens is 2. The lowest BCUT2D eigenvalue weighted by atomic mass is 9.96. The van der Waals surface area contributed by atoms with E-state index in [0.29, 0.717) is 12.0 Å². The average Bonchev–Trinajstić information content (AvgIpc) is 3.61. The van der Waals surface area contributed by atoms with Crippen LogP contribution >= 0.6 is 0 Å².